The number of piperazine rings is 1. The number of carbonyl (C=O) groups excluding carboxylic acids is 1. The Kier molecular flexibility index (Phi) is 5.67. The fraction of sp³-hybridized carbons (Fsp3) is 0.350. The highest BCUT2D eigenvalue weighted by atomic mass is 35.5. The largest absolute Gasteiger partial charge is 0.481 e. The molecule has 1 aliphatic heterocycles. The molecule has 6 heteroatoms. The van der Waals surface area contributed by atoms with Crippen LogP contribution in [0.2, 0.25) is 5.02 Å². The van der Waals surface area contributed by atoms with E-state index in [4.69, 9.17) is 16.3 Å². The summed E-state index contributed by atoms with van der Waals surface area (Å²) < 4.78 is 19.7. The molecular weight excluding hydrogens is 355 g/mol. The molecule has 4 nitrogen and oxygen atoms in total. The number of aryl methyl sites for hydroxylation is 1. The van der Waals surface area contributed by atoms with Gasteiger partial charge in [-0.25, -0.2) is 4.39 Å². The van der Waals surface area contributed by atoms with E-state index in [-0.39, 0.29) is 11.7 Å². The zero-order chi connectivity index (χ0) is 18.7. The van der Waals surface area contributed by atoms with Crippen molar-refractivity contribution in [1.29, 1.82) is 0 Å². The first-order valence-corrected chi connectivity index (χ1v) is 9.04. The zero-order valence-corrected chi connectivity index (χ0v) is 15.7. The molecule has 1 aliphatic rings. The van der Waals surface area contributed by atoms with Crippen LogP contribution in [0, 0.1) is 12.7 Å². The van der Waals surface area contributed by atoms with E-state index >= 15 is 0 Å². The molecule has 0 aromatic heterocycles. The van der Waals surface area contributed by atoms with Gasteiger partial charge in [-0.05, 0) is 49.7 Å². The maximum Gasteiger partial charge on any atom is 0.263 e. The Labute approximate surface area is 158 Å². The number of para-hydroxylation sites is 1. The van der Waals surface area contributed by atoms with Crippen molar-refractivity contribution < 1.29 is 13.9 Å². The molecule has 0 bridgehead atoms. The fourth-order valence-corrected chi connectivity index (χ4v) is 3.35. The number of ether oxygens (including phenoxy) is 1. The predicted molar refractivity (Wildman–Crippen MR) is 101 cm³/mol. The summed E-state index contributed by atoms with van der Waals surface area (Å²) in [5, 5.41) is 0.637. The lowest BCUT2D eigenvalue weighted by Crippen LogP contribution is -2.52. The van der Waals surface area contributed by atoms with Crippen LogP contribution in [0.1, 0.15) is 12.5 Å². The lowest BCUT2D eigenvalue weighted by Gasteiger charge is -2.37. The molecule has 1 amide bonds. The molecule has 2 aromatic carbocycles. The van der Waals surface area contributed by atoms with Gasteiger partial charge >= 0.3 is 0 Å². The molecule has 1 saturated heterocycles. The number of carbonyl (C=O) groups is 1. The number of hydrogen-bond donors (Lipinski definition) is 0. The summed E-state index contributed by atoms with van der Waals surface area (Å²) >= 11 is 5.95. The Bertz CT molecular complexity index is 791. The van der Waals surface area contributed by atoms with E-state index in [0.29, 0.717) is 42.6 Å². The average molecular weight is 377 g/mol. The molecule has 1 atom stereocenters. The molecule has 0 radical (unpaired) electrons. The van der Waals surface area contributed by atoms with Crippen LogP contribution in [-0.4, -0.2) is 43.1 Å². The molecule has 0 N–H and O–H groups in total. The topological polar surface area (TPSA) is 32.8 Å². The van der Waals surface area contributed by atoms with Crippen molar-refractivity contribution in [3.63, 3.8) is 0 Å². The van der Waals surface area contributed by atoms with Gasteiger partial charge in [0.1, 0.15) is 11.6 Å². The highest BCUT2D eigenvalue weighted by molar-refractivity contribution is 6.30. The second kappa shape index (κ2) is 7.96. The van der Waals surface area contributed by atoms with Crippen molar-refractivity contribution in [2.75, 3.05) is 31.1 Å². The maximum atomic E-state index is 13.9. The Morgan fingerprint density at radius 3 is 2.50 bits per heavy atom. The van der Waals surface area contributed by atoms with Crippen LogP contribution in [0.3, 0.4) is 0 Å². The number of nitrogens with zero attached hydrogens (tertiary/aromatic N) is 2. The fourth-order valence-electron chi connectivity index (χ4n) is 3.12. The molecular formula is C20H22ClFN2O2. The first-order chi connectivity index (χ1) is 12.5. The Balaban J connectivity index is 1.58. The summed E-state index contributed by atoms with van der Waals surface area (Å²) in [7, 11) is 0. The van der Waals surface area contributed by atoms with E-state index < -0.39 is 6.10 Å². The summed E-state index contributed by atoms with van der Waals surface area (Å²) in [5.41, 5.74) is 1.47. The SMILES string of the molecule is Cc1cc(Cl)ccc1OC(C)C(=O)N1CCN(c2ccccc2F)CC1. The molecule has 0 saturated carbocycles. The van der Waals surface area contributed by atoms with Gasteiger partial charge in [-0.1, -0.05) is 23.7 Å². The first kappa shape index (κ1) is 18.5. The molecule has 0 spiro atoms. The van der Waals surface area contributed by atoms with Crippen LogP contribution >= 0.6 is 11.6 Å². The van der Waals surface area contributed by atoms with E-state index in [9.17, 15) is 9.18 Å². The average Bonchev–Trinajstić information content (AvgIpc) is 2.64. The Morgan fingerprint density at radius 2 is 1.85 bits per heavy atom. The minimum atomic E-state index is -0.588. The zero-order valence-electron chi connectivity index (χ0n) is 14.9. The number of rotatable bonds is 4. The van der Waals surface area contributed by atoms with E-state index in [1.54, 1.807) is 42.2 Å². The van der Waals surface area contributed by atoms with E-state index in [1.165, 1.54) is 6.07 Å². The van der Waals surface area contributed by atoms with Gasteiger partial charge in [0, 0.05) is 31.2 Å². The second-order valence-electron chi connectivity index (χ2n) is 6.43. The van der Waals surface area contributed by atoms with Crippen LogP contribution < -0.4 is 9.64 Å². The van der Waals surface area contributed by atoms with Crippen molar-refractivity contribution in [3.05, 3.63) is 58.9 Å². The van der Waals surface area contributed by atoms with Gasteiger partial charge in [0.2, 0.25) is 0 Å². The number of hydrogen-bond acceptors (Lipinski definition) is 3. The predicted octanol–water partition coefficient (Wildman–Crippen LogP) is 3.90. The maximum absolute atomic E-state index is 13.9. The standard InChI is InChI=1S/C20H22ClFN2O2/c1-14-13-16(21)7-8-19(14)26-15(2)20(25)24-11-9-23(10-12-24)18-6-4-3-5-17(18)22/h3-8,13,15H,9-12H2,1-2H3. The third-order valence-corrected chi connectivity index (χ3v) is 4.81. The summed E-state index contributed by atoms with van der Waals surface area (Å²) in [6.07, 6.45) is -0.588. The van der Waals surface area contributed by atoms with Gasteiger partial charge in [0.05, 0.1) is 5.69 Å². The number of amides is 1. The van der Waals surface area contributed by atoms with Crippen LogP contribution in [0.5, 0.6) is 5.75 Å². The number of halogens is 2. The summed E-state index contributed by atoms with van der Waals surface area (Å²) in [6.45, 7) is 5.92. The van der Waals surface area contributed by atoms with E-state index in [1.807, 2.05) is 17.9 Å². The van der Waals surface area contributed by atoms with Crippen LogP contribution in [-0.2, 0) is 4.79 Å². The van der Waals surface area contributed by atoms with Gasteiger partial charge in [0.15, 0.2) is 6.10 Å². The molecule has 26 heavy (non-hydrogen) atoms. The van der Waals surface area contributed by atoms with Crippen molar-refractivity contribution >= 4 is 23.2 Å². The van der Waals surface area contributed by atoms with Gasteiger partial charge in [0.25, 0.3) is 5.91 Å². The van der Waals surface area contributed by atoms with E-state index in [0.717, 1.165) is 5.56 Å². The van der Waals surface area contributed by atoms with Crippen molar-refractivity contribution in [2.45, 2.75) is 20.0 Å². The summed E-state index contributed by atoms with van der Waals surface area (Å²) in [4.78, 5) is 16.4. The van der Waals surface area contributed by atoms with Gasteiger partial charge in [-0.15, -0.1) is 0 Å². The van der Waals surface area contributed by atoms with Crippen molar-refractivity contribution in [2.24, 2.45) is 0 Å². The van der Waals surface area contributed by atoms with Crippen molar-refractivity contribution in [1.82, 2.24) is 4.90 Å². The molecule has 138 valence electrons. The number of anilines is 1. The first-order valence-electron chi connectivity index (χ1n) is 8.67. The monoisotopic (exact) mass is 376 g/mol. The normalized spacial score (nSPS) is 15.7. The lowest BCUT2D eigenvalue weighted by molar-refractivity contribution is -0.138. The molecule has 1 heterocycles. The number of benzene rings is 2. The van der Waals surface area contributed by atoms with E-state index in [2.05, 4.69) is 0 Å². The van der Waals surface area contributed by atoms with Crippen LogP contribution in [0.4, 0.5) is 10.1 Å². The second-order valence-corrected chi connectivity index (χ2v) is 6.87. The quantitative estimate of drug-likeness (QED) is 0.811. The van der Waals surface area contributed by atoms with Gasteiger partial charge < -0.3 is 14.5 Å². The molecule has 1 fully saturated rings. The molecule has 2 aromatic rings. The highest BCUT2D eigenvalue weighted by Gasteiger charge is 2.27. The summed E-state index contributed by atoms with van der Waals surface area (Å²) in [6, 6.07) is 12.0. The third-order valence-electron chi connectivity index (χ3n) is 4.57. The Morgan fingerprint density at radius 1 is 1.15 bits per heavy atom. The smallest absolute Gasteiger partial charge is 0.263 e. The van der Waals surface area contributed by atoms with Crippen LogP contribution in [0.25, 0.3) is 0 Å². The molecule has 0 aliphatic carbocycles. The minimum Gasteiger partial charge on any atom is -0.481 e. The van der Waals surface area contributed by atoms with Crippen LogP contribution in [0.15, 0.2) is 42.5 Å². The van der Waals surface area contributed by atoms with Gasteiger partial charge in [-0.2, -0.15) is 0 Å². The summed E-state index contributed by atoms with van der Waals surface area (Å²) in [5.74, 6) is 0.356. The third kappa shape index (κ3) is 4.10. The Hall–Kier alpha value is -2.27. The lowest BCUT2D eigenvalue weighted by atomic mass is 10.2. The minimum absolute atomic E-state index is 0.0625. The van der Waals surface area contributed by atoms with Gasteiger partial charge in [-0.3, -0.25) is 4.79 Å². The molecule has 3 rings (SSSR count). The van der Waals surface area contributed by atoms with Crippen molar-refractivity contribution in [3.8, 4) is 5.75 Å². The highest BCUT2D eigenvalue weighted by Crippen LogP contribution is 2.24. The molecule has 1 unspecified atom stereocenters.